The number of nitrogens with one attached hydrogen (secondary N) is 1. The Kier molecular flexibility index (Phi) is 5.65. The summed E-state index contributed by atoms with van der Waals surface area (Å²) in [6.45, 7) is 3.09. The lowest BCUT2D eigenvalue weighted by Gasteiger charge is -2.49. The molecule has 2 aliphatic heterocycles. The molecule has 1 N–H and O–H groups in total. The molecule has 2 aromatic carbocycles. The van der Waals surface area contributed by atoms with Gasteiger partial charge in [0.15, 0.2) is 0 Å². The maximum absolute atomic E-state index is 13.6. The quantitative estimate of drug-likeness (QED) is 0.613. The first-order chi connectivity index (χ1) is 16.5. The van der Waals surface area contributed by atoms with Gasteiger partial charge in [0.05, 0.1) is 30.4 Å². The summed E-state index contributed by atoms with van der Waals surface area (Å²) in [5.74, 6) is 1.00. The maximum Gasteiger partial charge on any atom is 0.323 e. The fourth-order valence-electron chi connectivity index (χ4n) is 4.79. The van der Waals surface area contributed by atoms with Crippen molar-refractivity contribution >= 4 is 17.9 Å². The van der Waals surface area contributed by atoms with E-state index in [9.17, 15) is 9.18 Å². The normalized spacial score (nSPS) is 20.1. The number of nitrogens with zero attached hydrogens (tertiary/aromatic N) is 4. The van der Waals surface area contributed by atoms with Crippen LogP contribution in [0.3, 0.4) is 0 Å². The van der Waals surface area contributed by atoms with Crippen molar-refractivity contribution < 1.29 is 13.9 Å². The molecule has 1 unspecified atom stereocenters. The minimum absolute atomic E-state index is 0.193. The number of carbonyl (C=O) groups excluding carboxylic acids is 1. The number of aromatic nitrogens is 2. The molecular formula is C26H26FN5O2. The number of amides is 2. The lowest BCUT2D eigenvalue weighted by molar-refractivity contribution is 0.123. The highest BCUT2D eigenvalue weighted by molar-refractivity contribution is 6.07. The highest BCUT2D eigenvalue weighted by Crippen LogP contribution is 2.40. The van der Waals surface area contributed by atoms with Crippen LogP contribution in [0.5, 0.6) is 5.75 Å². The lowest BCUT2D eigenvalue weighted by Crippen LogP contribution is -2.62. The molecule has 8 heteroatoms. The van der Waals surface area contributed by atoms with E-state index in [1.807, 2.05) is 48.0 Å². The number of methoxy groups -OCH3 is 1. The van der Waals surface area contributed by atoms with E-state index in [2.05, 4.69) is 15.3 Å². The summed E-state index contributed by atoms with van der Waals surface area (Å²) in [5.41, 5.74) is 3.10. The van der Waals surface area contributed by atoms with Gasteiger partial charge in [0.1, 0.15) is 17.4 Å². The van der Waals surface area contributed by atoms with Gasteiger partial charge < -0.3 is 14.6 Å². The van der Waals surface area contributed by atoms with E-state index in [-0.39, 0.29) is 11.8 Å². The number of rotatable bonds is 5. The number of ether oxygens (including phenoxy) is 1. The fraction of sp³-hybridized carbons (Fsp3) is 0.269. The van der Waals surface area contributed by atoms with E-state index in [0.717, 1.165) is 28.9 Å². The Morgan fingerprint density at radius 1 is 1.15 bits per heavy atom. The fourth-order valence-corrected chi connectivity index (χ4v) is 4.79. The van der Waals surface area contributed by atoms with Crippen molar-refractivity contribution in [1.29, 1.82) is 0 Å². The topological polar surface area (TPSA) is 71.8 Å². The summed E-state index contributed by atoms with van der Waals surface area (Å²) in [6.07, 6.45) is 8.89. The van der Waals surface area contributed by atoms with E-state index in [1.54, 1.807) is 30.5 Å². The van der Waals surface area contributed by atoms with Crippen LogP contribution < -0.4 is 10.1 Å². The number of hydrogen-bond donors (Lipinski definition) is 1. The van der Waals surface area contributed by atoms with Gasteiger partial charge in [-0.2, -0.15) is 0 Å². The second kappa shape index (κ2) is 8.78. The highest BCUT2D eigenvalue weighted by Gasteiger charge is 2.47. The van der Waals surface area contributed by atoms with Gasteiger partial charge in [-0.25, -0.2) is 14.2 Å². The number of hydrogen-bond acceptors (Lipinski definition) is 4. The molecule has 7 nitrogen and oxygen atoms in total. The van der Waals surface area contributed by atoms with E-state index >= 15 is 0 Å². The largest absolute Gasteiger partial charge is 0.495 e. The molecule has 5 rings (SSSR count). The van der Waals surface area contributed by atoms with Gasteiger partial charge >= 0.3 is 6.03 Å². The molecule has 1 fully saturated rings. The average molecular weight is 460 g/mol. The summed E-state index contributed by atoms with van der Waals surface area (Å²) in [6, 6.07) is 12.1. The number of imidazole rings is 1. The Bertz CT molecular complexity index is 1280. The van der Waals surface area contributed by atoms with Gasteiger partial charge in [-0.15, -0.1) is 0 Å². The summed E-state index contributed by atoms with van der Waals surface area (Å²) in [7, 11) is 1.64. The smallest absolute Gasteiger partial charge is 0.323 e. The van der Waals surface area contributed by atoms with Crippen LogP contribution in [0.1, 0.15) is 29.7 Å². The molecule has 0 bridgehead atoms. The first kappa shape index (κ1) is 21.9. The summed E-state index contributed by atoms with van der Waals surface area (Å²) in [4.78, 5) is 23.7. The van der Waals surface area contributed by atoms with Crippen LogP contribution in [0, 0.1) is 12.7 Å². The number of amidine groups is 1. The molecule has 2 aliphatic rings. The summed E-state index contributed by atoms with van der Waals surface area (Å²) < 4.78 is 21.1. The molecule has 1 saturated heterocycles. The molecular weight excluding hydrogens is 433 g/mol. The van der Waals surface area contributed by atoms with Crippen molar-refractivity contribution in [3.63, 3.8) is 0 Å². The van der Waals surface area contributed by atoms with Crippen molar-refractivity contribution in [3.05, 3.63) is 83.7 Å². The minimum atomic E-state index is -0.543. The molecule has 0 radical (unpaired) electrons. The Labute approximate surface area is 197 Å². The van der Waals surface area contributed by atoms with Gasteiger partial charge in [-0.3, -0.25) is 9.89 Å². The van der Waals surface area contributed by atoms with Crippen molar-refractivity contribution in [3.8, 4) is 11.4 Å². The monoisotopic (exact) mass is 459 g/mol. The number of urea groups is 1. The zero-order chi connectivity index (χ0) is 23.7. The SMILES string of the molecule is COc1cc(/C=C/C2=NCCC3(c4ccc(F)cc4)CCNC(=O)N23)ccc1-n1cnc(C)c1. The Morgan fingerprint density at radius 3 is 2.71 bits per heavy atom. The van der Waals surface area contributed by atoms with Crippen LogP contribution in [0.15, 0.2) is 66.1 Å². The Balaban J connectivity index is 1.47. The molecule has 0 spiro atoms. The minimum Gasteiger partial charge on any atom is -0.495 e. The summed E-state index contributed by atoms with van der Waals surface area (Å²) in [5, 5.41) is 2.93. The first-order valence-corrected chi connectivity index (χ1v) is 11.3. The second-order valence-corrected chi connectivity index (χ2v) is 8.53. The number of aliphatic imine (C=N–C) groups is 1. The number of fused-ring (bicyclic) bond motifs is 1. The van der Waals surface area contributed by atoms with Crippen molar-refractivity contribution in [2.24, 2.45) is 4.99 Å². The molecule has 1 aromatic heterocycles. The second-order valence-electron chi connectivity index (χ2n) is 8.53. The van der Waals surface area contributed by atoms with E-state index < -0.39 is 5.54 Å². The molecule has 0 saturated carbocycles. The Hall–Kier alpha value is -3.94. The number of aryl methyl sites for hydroxylation is 1. The van der Waals surface area contributed by atoms with Crippen LogP contribution in [0.2, 0.25) is 0 Å². The molecule has 3 aromatic rings. The standard InChI is InChI=1S/C26H26FN5O2/c1-18-16-31(17-30-18)22-9-3-19(15-23(22)34-2)4-10-24-28-13-11-26(12-14-29-25(33)32(24)26)20-5-7-21(27)8-6-20/h3-10,15-17H,11-14H2,1-2H3,(H,29,33)/b10-4+. The zero-order valence-electron chi connectivity index (χ0n) is 19.2. The van der Waals surface area contributed by atoms with Crippen molar-refractivity contribution in [2.75, 3.05) is 20.2 Å². The van der Waals surface area contributed by atoms with Crippen LogP contribution in [0.4, 0.5) is 9.18 Å². The van der Waals surface area contributed by atoms with Crippen LogP contribution in [0.25, 0.3) is 11.8 Å². The van der Waals surface area contributed by atoms with Gasteiger partial charge in [0.2, 0.25) is 0 Å². The van der Waals surface area contributed by atoms with Crippen molar-refractivity contribution in [1.82, 2.24) is 19.8 Å². The highest BCUT2D eigenvalue weighted by atomic mass is 19.1. The molecule has 0 aliphatic carbocycles. The zero-order valence-corrected chi connectivity index (χ0v) is 19.2. The molecule has 174 valence electrons. The van der Waals surface area contributed by atoms with E-state index in [0.29, 0.717) is 31.1 Å². The molecule has 3 heterocycles. The first-order valence-electron chi connectivity index (χ1n) is 11.3. The Morgan fingerprint density at radius 2 is 1.97 bits per heavy atom. The number of halogens is 1. The average Bonchev–Trinajstić information content (AvgIpc) is 3.28. The van der Waals surface area contributed by atoms with Crippen LogP contribution in [-0.2, 0) is 5.54 Å². The van der Waals surface area contributed by atoms with Crippen LogP contribution >= 0.6 is 0 Å². The third kappa shape index (κ3) is 3.85. The van der Waals surface area contributed by atoms with Crippen molar-refractivity contribution in [2.45, 2.75) is 25.3 Å². The van der Waals surface area contributed by atoms with Crippen LogP contribution in [-0.4, -0.2) is 46.5 Å². The van der Waals surface area contributed by atoms with E-state index in [1.165, 1.54) is 12.1 Å². The molecule has 2 amide bonds. The third-order valence-corrected chi connectivity index (χ3v) is 6.47. The predicted molar refractivity (Wildman–Crippen MR) is 129 cm³/mol. The molecule has 34 heavy (non-hydrogen) atoms. The molecule has 1 atom stereocenters. The van der Waals surface area contributed by atoms with Gasteiger partial charge in [0, 0.05) is 19.3 Å². The lowest BCUT2D eigenvalue weighted by atomic mass is 9.79. The van der Waals surface area contributed by atoms with Gasteiger partial charge in [0.25, 0.3) is 0 Å². The third-order valence-electron chi connectivity index (χ3n) is 6.47. The number of carbonyl (C=O) groups is 1. The van der Waals surface area contributed by atoms with Gasteiger partial charge in [-0.1, -0.05) is 24.3 Å². The maximum atomic E-state index is 13.6. The summed E-state index contributed by atoms with van der Waals surface area (Å²) >= 11 is 0. The number of benzene rings is 2. The van der Waals surface area contributed by atoms with Gasteiger partial charge in [-0.05, 0) is 61.2 Å². The van der Waals surface area contributed by atoms with E-state index in [4.69, 9.17) is 4.74 Å². The predicted octanol–water partition coefficient (Wildman–Crippen LogP) is 4.45.